The molecule has 0 saturated heterocycles. The molecule has 2 fully saturated rings. The van der Waals surface area contributed by atoms with E-state index in [0.29, 0.717) is 12.5 Å². The van der Waals surface area contributed by atoms with E-state index in [1.54, 1.807) is 0 Å². The Kier molecular flexibility index (Phi) is 4.59. The Balaban J connectivity index is 1.44. The number of nitrogens with two attached hydrogens (primary N) is 1. The van der Waals surface area contributed by atoms with Crippen molar-refractivity contribution < 1.29 is 4.79 Å². The standard InChI is InChI=1S/C18H26N2O/c19-16(11-13-7-3-1-4-8-13)18(21)20-17-12-15(17)14-9-5-2-6-10-14/h1,3-4,7-8,14-17H,2,5-6,9-12,19H2,(H,20,21)/t15?,16-,17?/m0/s1. The Labute approximate surface area is 127 Å². The summed E-state index contributed by atoms with van der Waals surface area (Å²) < 4.78 is 0. The average Bonchev–Trinajstić information content (AvgIpc) is 3.28. The van der Waals surface area contributed by atoms with Gasteiger partial charge < -0.3 is 11.1 Å². The Bertz CT molecular complexity index is 467. The van der Waals surface area contributed by atoms with Crippen molar-refractivity contribution in [2.45, 2.75) is 57.0 Å². The maximum Gasteiger partial charge on any atom is 0.237 e. The highest BCUT2D eigenvalue weighted by Gasteiger charge is 2.44. The average molecular weight is 286 g/mol. The van der Waals surface area contributed by atoms with Crippen LogP contribution < -0.4 is 11.1 Å². The second kappa shape index (κ2) is 6.61. The summed E-state index contributed by atoms with van der Waals surface area (Å²) in [4.78, 5) is 12.2. The molecule has 0 aromatic heterocycles. The van der Waals surface area contributed by atoms with Crippen LogP contribution in [0, 0.1) is 11.8 Å². The number of rotatable bonds is 5. The second-order valence-corrected chi connectivity index (χ2v) is 6.71. The van der Waals surface area contributed by atoms with Gasteiger partial charge in [0.1, 0.15) is 0 Å². The molecule has 0 bridgehead atoms. The molecule has 0 spiro atoms. The zero-order chi connectivity index (χ0) is 14.7. The van der Waals surface area contributed by atoms with Gasteiger partial charge in [0.2, 0.25) is 5.91 Å². The molecule has 3 atom stereocenters. The molecule has 3 heteroatoms. The third kappa shape index (κ3) is 3.85. The van der Waals surface area contributed by atoms with E-state index in [-0.39, 0.29) is 5.91 Å². The Morgan fingerprint density at radius 3 is 2.62 bits per heavy atom. The minimum Gasteiger partial charge on any atom is -0.352 e. The van der Waals surface area contributed by atoms with Crippen LogP contribution in [0.2, 0.25) is 0 Å². The van der Waals surface area contributed by atoms with Crippen LogP contribution in [0.3, 0.4) is 0 Å². The van der Waals surface area contributed by atoms with Crippen LogP contribution >= 0.6 is 0 Å². The molecule has 2 aliphatic carbocycles. The predicted octanol–water partition coefficient (Wildman–Crippen LogP) is 2.64. The van der Waals surface area contributed by atoms with Crippen molar-refractivity contribution in [2.75, 3.05) is 0 Å². The van der Waals surface area contributed by atoms with Crippen molar-refractivity contribution in [1.29, 1.82) is 0 Å². The van der Waals surface area contributed by atoms with Crippen LogP contribution in [-0.2, 0) is 11.2 Å². The van der Waals surface area contributed by atoms with E-state index in [9.17, 15) is 4.79 Å². The zero-order valence-electron chi connectivity index (χ0n) is 12.6. The van der Waals surface area contributed by atoms with E-state index in [1.165, 1.54) is 32.1 Å². The fourth-order valence-corrected chi connectivity index (χ4v) is 3.71. The highest BCUT2D eigenvalue weighted by molar-refractivity contribution is 5.82. The van der Waals surface area contributed by atoms with E-state index in [0.717, 1.165) is 23.8 Å². The number of nitrogens with one attached hydrogen (secondary N) is 1. The first kappa shape index (κ1) is 14.6. The summed E-state index contributed by atoms with van der Waals surface area (Å²) in [6.07, 6.45) is 8.62. The molecule has 3 N–H and O–H groups in total. The number of carbonyl (C=O) groups excluding carboxylic acids is 1. The van der Waals surface area contributed by atoms with Crippen molar-refractivity contribution in [3.8, 4) is 0 Å². The molecule has 2 aliphatic rings. The first-order valence-electron chi connectivity index (χ1n) is 8.34. The molecular formula is C18H26N2O. The van der Waals surface area contributed by atoms with Gasteiger partial charge in [-0.3, -0.25) is 4.79 Å². The third-order valence-corrected chi connectivity index (χ3v) is 5.06. The molecule has 0 aliphatic heterocycles. The van der Waals surface area contributed by atoms with Gasteiger partial charge >= 0.3 is 0 Å². The van der Waals surface area contributed by atoms with E-state index < -0.39 is 6.04 Å². The number of carbonyl (C=O) groups is 1. The van der Waals surface area contributed by atoms with Crippen molar-refractivity contribution in [3.05, 3.63) is 35.9 Å². The summed E-state index contributed by atoms with van der Waals surface area (Å²) in [5, 5.41) is 3.16. The molecule has 1 aromatic rings. The number of hydrogen-bond donors (Lipinski definition) is 2. The number of benzene rings is 1. The third-order valence-electron chi connectivity index (χ3n) is 5.06. The van der Waals surface area contributed by atoms with Gasteiger partial charge in [0.05, 0.1) is 6.04 Å². The second-order valence-electron chi connectivity index (χ2n) is 6.71. The lowest BCUT2D eigenvalue weighted by atomic mass is 9.85. The van der Waals surface area contributed by atoms with Crippen LogP contribution in [0.15, 0.2) is 30.3 Å². The lowest BCUT2D eigenvalue weighted by Gasteiger charge is -2.22. The Hall–Kier alpha value is -1.35. The van der Waals surface area contributed by atoms with Crippen LogP contribution in [0.25, 0.3) is 0 Å². The molecule has 0 radical (unpaired) electrons. The minimum absolute atomic E-state index is 0.0159. The van der Waals surface area contributed by atoms with Crippen molar-refractivity contribution in [2.24, 2.45) is 17.6 Å². The quantitative estimate of drug-likeness (QED) is 0.874. The van der Waals surface area contributed by atoms with Crippen molar-refractivity contribution in [3.63, 3.8) is 0 Å². The van der Waals surface area contributed by atoms with Crippen LogP contribution in [0.5, 0.6) is 0 Å². The fraction of sp³-hybridized carbons (Fsp3) is 0.611. The molecular weight excluding hydrogens is 260 g/mol. The highest BCUT2D eigenvalue weighted by atomic mass is 16.2. The maximum absolute atomic E-state index is 12.2. The van der Waals surface area contributed by atoms with Crippen LogP contribution in [0.4, 0.5) is 0 Å². The van der Waals surface area contributed by atoms with E-state index in [2.05, 4.69) is 5.32 Å². The Morgan fingerprint density at radius 1 is 1.19 bits per heavy atom. The molecule has 0 heterocycles. The first-order chi connectivity index (χ1) is 10.2. The van der Waals surface area contributed by atoms with Crippen LogP contribution in [-0.4, -0.2) is 18.0 Å². The monoisotopic (exact) mass is 286 g/mol. The summed E-state index contributed by atoms with van der Waals surface area (Å²) in [7, 11) is 0. The summed E-state index contributed by atoms with van der Waals surface area (Å²) in [6, 6.07) is 9.96. The topological polar surface area (TPSA) is 55.1 Å². The van der Waals surface area contributed by atoms with Gasteiger partial charge in [-0.1, -0.05) is 62.4 Å². The van der Waals surface area contributed by atoms with Gasteiger partial charge in [-0.2, -0.15) is 0 Å². The van der Waals surface area contributed by atoms with Gasteiger partial charge in [0.25, 0.3) is 0 Å². The van der Waals surface area contributed by atoms with Gasteiger partial charge in [-0.15, -0.1) is 0 Å². The van der Waals surface area contributed by atoms with Crippen LogP contribution in [0.1, 0.15) is 44.1 Å². The molecule has 1 amide bonds. The van der Waals surface area contributed by atoms with E-state index >= 15 is 0 Å². The van der Waals surface area contributed by atoms with E-state index in [1.807, 2.05) is 30.3 Å². The molecule has 2 unspecified atom stereocenters. The molecule has 1 aromatic carbocycles. The molecule has 21 heavy (non-hydrogen) atoms. The smallest absolute Gasteiger partial charge is 0.237 e. The molecule has 3 rings (SSSR count). The number of amides is 1. The SMILES string of the molecule is N[C@@H](Cc1ccccc1)C(=O)NC1CC1C1CCCCC1. The molecule has 3 nitrogen and oxygen atoms in total. The van der Waals surface area contributed by atoms with Crippen molar-refractivity contribution in [1.82, 2.24) is 5.32 Å². The lowest BCUT2D eigenvalue weighted by molar-refractivity contribution is -0.122. The summed E-state index contributed by atoms with van der Waals surface area (Å²) >= 11 is 0. The van der Waals surface area contributed by atoms with Gasteiger partial charge in [-0.05, 0) is 30.2 Å². The van der Waals surface area contributed by atoms with Gasteiger partial charge in [0.15, 0.2) is 0 Å². The molecule has 2 saturated carbocycles. The predicted molar refractivity (Wildman–Crippen MR) is 84.7 cm³/mol. The zero-order valence-corrected chi connectivity index (χ0v) is 12.6. The fourth-order valence-electron chi connectivity index (χ4n) is 3.71. The lowest BCUT2D eigenvalue weighted by Crippen LogP contribution is -2.43. The van der Waals surface area contributed by atoms with Gasteiger partial charge in [0, 0.05) is 6.04 Å². The first-order valence-corrected chi connectivity index (χ1v) is 8.34. The maximum atomic E-state index is 12.2. The largest absolute Gasteiger partial charge is 0.352 e. The van der Waals surface area contributed by atoms with Crippen molar-refractivity contribution >= 4 is 5.91 Å². The van der Waals surface area contributed by atoms with Gasteiger partial charge in [-0.25, -0.2) is 0 Å². The Morgan fingerprint density at radius 2 is 1.90 bits per heavy atom. The summed E-state index contributed by atoms with van der Waals surface area (Å²) in [5.41, 5.74) is 7.16. The summed E-state index contributed by atoms with van der Waals surface area (Å²) in [6.45, 7) is 0. The normalized spacial score (nSPS) is 27.1. The summed E-state index contributed by atoms with van der Waals surface area (Å²) in [5.74, 6) is 1.58. The molecule has 114 valence electrons. The number of hydrogen-bond acceptors (Lipinski definition) is 2. The minimum atomic E-state index is -0.431. The highest BCUT2D eigenvalue weighted by Crippen LogP contribution is 2.44. The van der Waals surface area contributed by atoms with E-state index in [4.69, 9.17) is 5.73 Å².